The molecule has 8 rings (SSSR count). The molecule has 2 aromatic heterocycles. The van der Waals surface area contributed by atoms with Crippen molar-refractivity contribution in [3.63, 3.8) is 0 Å². The highest BCUT2D eigenvalue weighted by Crippen LogP contribution is 2.42. The third kappa shape index (κ3) is 7.47. The minimum Gasteiger partial charge on any atom is -0.507 e. The first kappa shape index (κ1) is 25.9. The SMILES string of the molecule is [2H]c1c([2H])c(C(C([2H])([2H])[2H])(C([2H])([2H])[2H])C([2H])([2H])[2H])c([2H])c([2H])c1-c1ccnc(-c2cc(-c3cccc4c3nc(-c3ccccc3O)n4-c3ccc(-c4ccccc4)cc3C(C)(C)C)cc(C(C)(C)C)c2)c1. The maximum absolute atomic E-state index is 11.4. The molecule has 0 radical (unpaired) electrons. The summed E-state index contributed by atoms with van der Waals surface area (Å²) in [5.41, 5.74) is 3.68. The van der Waals surface area contributed by atoms with Gasteiger partial charge in [0.15, 0.2) is 0 Å². The number of nitrogens with zero attached hydrogens (tertiary/aromatic N) is 3. The Morgan fingerprint density at radius 1 is 0.552 bits per heavy atom. The Balaban J connectivity index is 1.35. The third-order valence-electron chi connectivity index (χ3n) is 10.4. The number of hydrogen-bond donors (Lipinski definition) is 1. The average Bonchev–Trinajstić information content (AvgIpc) is 3.67. The van der Waals surface area contributed by atoms with Crippen LogP contribution < -0.4 is 0 Å². The van der Waals surface area contributed by atoms with E-state index in [1.165, 1.54) is 12.3 Å². The molecule has 6 aromatic carbocycles. The van der Waals surface area contributed by atoms with E-state index < -0.39 is 61.1 Å². The number of pyridine rings is 1. The summed E-state index contributed by atoms with van der Waals surface area (Å²) < 4.78 is 112. The number of hydrogen-bond acceptors (Lipinski definition) is 3. The molecule has 4 nitrogen and oxygen atoms in total. The van der Waals surface area contributed by atoms with E-state index in [0.717, 1.165) is 44.6 Å². The number of phenolic OH excluding ortho intramolecular Hbond substituents is 1. The number of aromatic nitrogens is 3. The van der Waals surface area contributed by atoms with Gasteiger partial charge in [0, 0.05) is 29.7 Å². The molecule has 0 saturated carbocycles. The predicted molar refractivity (Wildman–Crippen MR) is 244 cm³/mol. The van der Waals surface area contributed by atoms with Crippen molar-refractivity contribution in [1.29, 1.82) is 0 Å². The molecule has 58 heavy (non-hydrogen) atoms. The number of rotatable bonds is 6. The predicted octanol–water partition coefficient (Wildman–Crippen LogP) is 14.4. The Hall–Kier alpha value is -6.26. The second kappa shape index (κ2) is 14.6. The summed E-state index contributed by atoms with van der Waals surface area (Å²) in [6.45, 7) is 1.32. The summed E-state index contributed by atoms with van der Waals surface area (Å²) in [5, 5.41) is 11.4. The van der Waals surface area contributed by atoms with Gasteiger partial charge in [-0.25, -0.2) is 4.98 Å². The highest BCUT2D eigenvalue weighted by molar-refractivity contribution is 5.97. The van der Waals surface area contributed by atoms with Gasteiger partial charge in [-0.15, -0.1) is 0 Å². The highest BCUT2D eigenvalue weighted by atomic mass is 16.3. The van der Waals surface area contributed by atoms with Crippen molar-refractivity contribution >= 4 is 11.0 Å². The Kier molecular flexibility index (Phi) is 6.51. The van der Waals surface area contributed by atoms with Gasteiger partial charge in [0.25, 0.3) is 0 Å². The first-order chi connectivity index (χ1) is 33.0. The van der Waals surface area contributed by atoms with E-state index in [1.807, 2.05) is 60.7 Å². The van der Waals surface area contributed by atoms with Crippen LogP contribution in [0.5, 0.6) is 5.75 Å². The van der Waals surface area contributed by atoms with Gasteiger partial charge in [-0.2, -0.15) is 0 Å². The number of phenols is 1. The van der Waals surface area contributed by atoms with Gasteiger partial charge in [-0.1, -0.05) is 153 Å². The van der Waals surface area contributed by atoms with Gasteiger partial charge in [0.2, 0.25) is 0 Å². The molecule has 0 bridgehead atoms. The van der Waals surface area contributed by atoms with E-state index in [1.54, 1.807) is 18.2 Å². The summed E-state index contributed by atoms with van der Waals surface area (Å²) in [7, 11) is 0. The van der Waals surface area contributed by atoms with Crippen molar-refractivity contribution in [2.45, 2.75) is 78.3 Å². The van der Waals surface area contributed by atoms with Crippen LogP contribution in [0.25, 0.3) is 72.7 Å². The average molecular weight is 773 g/mol. The van der Waals surface area contributed by atoms with Gasteiger partial charge < -0.3 is 5.11 Å². The summed E-state index contributed by atoms with van der Waals surface area (Å²) in [6.07, 6.45) is 1.43. The number of benzene rings is 6. The minimum absolute atomic E-state index is 0.0642. The molecule has 1 N–H and O–H groups in total. The van der Waals surface area contributed by atoms with Crippen molar-refractivity contribution in [2.75, 3.05) is 0 Å². The molecule has 0 aliphatic carbocycles. The molecule has 2 heterocycles. The quantitative estimate of drug-likeness (QED) is 0.183. The first-order valence-electron chi connectivity index (χ1n) is 25.7. The molecule has 0 fully saturated rings. The maximum Gasteiger partial charge on any atom is 0.149 e. The topological polar surface area (TPSA) is 50.9 Å². The summed E-state index contributed by atoms with van der Waals surface area (Å²) in [6, 6.07) is 34.9. The molecule has 4 heteroatoms. The van der Waals surface area contributed by atoms with Crippen LogP contribution in [0.15, 0.2) is 152 Å². The van der Waals surface area contributed by atoms with Crippen molar-refractivity contribution < 1.29 is 22.9 Å². The van der Waals surface area contributed by atoms with Crippen molar-refractivity contribution in [3.8, 4) is 67.5 Å². The lowest BCUT2D eigenvalue weighted by Gasteiger charge is -2.25. The summed E-state index contributed by atoms with van der Waals surface area (Å²) >= 11 is 0. The lowest BCUT2D eigenvalue weighted by Crippen LogP contribution is -2.16. The molecule has 8 aromatic rings. The molecular formula is C54H53N3O. The molecule has 0 aliphatic rings. The molecular weight excluding hydrogens is 707 g/mol. The van der Waals surface area contributed by atoms with Crippen LogP contribution in [0.2, 0.25) is 0 Å². The molecule has 0 atom stereocenters. The Labute approximate surface area is 362 Å². The second-order valence-electron chi connectivity index (χ2n) is 16.8. The molecule has 0 saturated heterocycles. The zero-order chi connectivity index (χ0) is 52.0. The lowest BCUT2D eigenvalue weighted by atomic mass is 9.83. The zero-order valence-electron chi connectivity index (χ0n) is 46.4. The molecule has 0 aliphatic heterocycles. The van der Waals surface area contributed by atoms with Gasteiger partial charge in [-0.05, 0) is 115 Å². The van der Waals surface area contributed by atoms with Crippen LogP contribution >= 0.6 is 0 Å². The normalized spacial score (nSPS) is 16.2. The van der Waals surface area contributed by atoms with Crippen LogP contribution in [0.4, 0.5) is 0 Å². The van der Waals surface area contributed by atoms with Crippen LogP contribution in [0, 0.1) is 0 Å². The van der Waals surface area contributed by atoms with Crippen molar-refractivity contribution in [1.82, 2.24) is 14.5 Å². The molecule has 290 valence electrons. The fraction of sp³-hybridized carbons (Fsp3) is 0.222. The van der Waals surface area contributed by atoms with E-state index in [-0.39, 0.29) is 22.3 Å². The third-order valence-corrected chi connectivity index (χ3v) is 10.4. The number of aromatic hydroxyl groups is 1. The standard InChI is InChI=1S/C54H53N3O/c1-52(2,3)41-25-22-36(23-26-41)38-28-29-55-46(34-38)40-30-39(31-42(32-40)53(4,5)6)43-19-15-20-48-50(43)56-51(44-18-13-14-21-49(44)58)57(48)47-27-24-37(33-45(47)54(7,8)9)35-16-11-10-12-17-35/h10-34,58H,1-9H3/i1D3,2D3,3D3,22D,23D,25D,26D. The highest BCUT2D eigenvalue weighted by Gasteiger charge is 2.26. The molecule has 0 amide bonds. The first-order valence-corrected chi connectivity index (χ1v) is 19.2. The summed E-state index contributed by atoms with van der Waals surface area (Å²) in [4.78, 5) is 10.1. The fourth-order valence-electron chi connectivity index (χ4n) is 7.31. The van der Waals surface area contributed by atoms with Gasteiger partial charge in [-0.3, -0.25) is 9.55 Å². The summed E-state index contributed by atoms with van der Waals surface area (Å²) in [5.74, 6) is 0.596. The second-order valence-corrected chi connectivity index (χ2v) is 16.8. The van der Waals surface area contributed by atoms with Gasteiger partial charge in [0.1, 0.15) is 11.6 Å². The monoisotopic (exact) mass is 773 g/mol. The van der Waals surface area contributed by atoms with Crippen LogP contribution in [-0.4, -0.2) is 19.6 Å². The molecule has 0 unspecified atom stereocenters. The van der Waals surface area contributed by atoms with E-state index in [0.29, 0.717) is 28.2 Å². The van der Waals surface area contributed by atoms with Crippen LogP contribution in [-0.2, 0) is 16.2 Å². The fourth-order valence-corrected chi connectivity index (χ4v) is 7.31. The van der Waals surface area contributed by atoms with Crippen molar-refractivity contribution in [2.24, 2.45) is 0 Å². The minimum atomic E-state index is -3.80. The van der Waals surface area contributed by atoms with E-state index in [2.05, 4.69) is 82.5 Å². The van der Waals surface area contributed by atoms with E-state index >= 15 is 0 Å². The Bertz CT molecular complexity index is 3290. The Morgan fingerprint density at radius 3 is 1.95 bits per heavy atom. The smallest absolute Gasteiger partial charge is 0.149 e. The number of imidazole rings is 1. The van der Waals surface area contributed by atoms with Crippen LogP contribution in [0.3, 0.4) is 0 Å². The number of fused-ring (bicyclic) bond motifs is 1. The molecule has 0 spiro atoms. The van der Waals surface area contributed by atoms with E-state index in [9.17, 15) is 5.11 Å². The largest absolute Gasteiger partial charge is 0.507 e. The van der Waals surface area contributed by atoms with Gasteiger partial charge >= 0.3 is 0 Å². The number of para-hydroxylation sites is 2. The maximum atomic E-state index is 11.4. The van der Waals surface area contributed by atoms with Crippen LogP contribution in [0.1, 0.15) is 96.6 Å². The van der Waals surface area contributed by atoms with E-state index in [4.69, 9.17) is 27.8 Å². The Morgan fingerprint density at radius 2 is 1.24 bits per heavy atom. The zero-order valence-corrected chi connectivity index (χ0v) is 33.4. The van der Waals surface area contributed by atoms with Gasteiger partial charge in [0.05, 0.1) is 33.5 Å². The lowest BCUT2D eigenvalue weighted by molar-refractivity contribution is 0.477. The van der Waals surface area contributed by atoms with Crippen molar-refractivity contribution in [3.05, 3.63) is 168 Å².